The summed E-state index contributed by atoms with van der Waals surface area (Å²) in [4.78, 5) is 2.29. The monoisotopic (exact) mass is 264 g/mol. The van der Waals surface area contributed by atoms with Crippen molar-refractivity contribution in [2.45, 2.75) is 12.5 Å². The van der Waals surface area contributed by atoms with Gasteiger partial charge in [0, 0.05) is 6.04 Å². The van der Waals surface area contributed by atoms with Crippen LogP contribution in [-0.2, 0) is 0 Å². The van der Waals surface area contributed by atoms with Gasteiger partial charge in [-0.3, -0.25) is 0 Å². The summed E-state index contributed by atoms with van der Waals surface area (Å²) in [6.07, 6.45) is 1.22. The van der Waals surface area contributed by atoms with E-state index in [9.17, 15) is 0 Å². The summed E-state index contributed by atoms with van der Waals surface area (Å²) in [5, 5.41) is 3.45. The highest BCUT2D eigenvalue weighted by Gasteiger charge is 2.28. The molecule has 2 unspecified atom stereocenters. The molecule has 0 spiro atoms. The van der Waals surface area contributed by atoms with E-state index in [4.69, 9.17) is 9.47 Å². The summed E-state index contributed by atoms with van der Waals surface area (Å²) in [6.45, 7) is 2.19. The molecule has 0 amide bonds. The van der Waals surface area contributed by atoms with Gasteiger partial charge in [-0.1, -0.05) is 6.07 Å². The Balaban J connectivity index is 2.30. The number of hydrogen-bond donors (Lipinski definition) is 1. The summed E-state index contributed by atoms with van der Waals surface area (Å²) in [5.74, 6) is 2.24. The number of nitrogens with zero attached hydrogens (tertiary/aromatic N) is 1. The molecule has 1 N–H and O–H groups in total. The van der Waals surface area contributed by atoms with Crippen molar-refractivity contribution in [3.8, 4) is 11.5 Å². The lowest BCUT2D eigenvalue weighted by molar-refractivity contribution is 0.222. The minimum atomic E-state index is 0.412. The quantitative estimate of drug-likeness (QED) is 0.881. The molecule has 1 aliphatic rings. The van der Waals surface area contributed by atoms with E-state index in [1.54, 1.807) is 14.2 Å². The standard InChI is InChI=1S/C15H24N2O2/c1-17(2)15(12-7-8-16-10-12)11-5-6-13(18-3)14(9-11)19-4/h5-6,9,12,15-16H,7-8,10H2,1-4H3. The minimum Gasteiger partial charge on any atom is -0.493 e. The Morgan fingerprint density at radius 1 is 1.21 bits per heavy atom. The Hall–Kier alpha value is -1.26. The zero-order chi connectivity index (χ0) is 13.8. The molecule has 1 heterocycles. The molecule has 1 saturated heterocycles. The van der Waals surface area contributed by atoms with E-state index in [0.29, 0.717) is 12.0 Å². The van der Waals surface area contributed by atoms with Crippen LogP contribution in [0.5, 0.6) is 11.5 Å². The molecular weight excluding hydrogens is 240 g/mol. The molecule has 106 valence electrons. The zero-order valence-corrected chi connectivity index (χ0v) is 12.3. The molecule has 1 aromatic rings. The van der Waals surface area contributed by atoms with E-state index >= 15 is 0 Å². The maximum absolute atomic E-state index is 5.41. The van der Waals surface area contributed by atoms with Crippen molar-refractivity contribution in [3.05, 3.63) is 23.8 Å². The highest BCUT2D eigenvalue weighted by molar-refractivity contribution is 5.44. The predicted molar refractivity (Wildman–Crippen MR) is 77.0 cm³/mol. The molecule has 0 bridgehead atoms. The third-order valence-corrected chi connectivity index (χ3v) is 3.85. The number of hydrogen-bond acceptors (Lipinski definition) is 4. The van der Waals surface area contributed by atoms with Gasteiger partial charge in [0.15, 0.2) is 11.5 Å². The zero-order valence-electron chi connectivity index (χ0n) is 12.3. The fraction of sp³-hybridized carbons (Fsp3) is 0.600. The summed E-state index contributed by atoms with van der Waals surface area (Å²) < 4.78 is 10.7. The van der Waals surface area contributed by atoms with E-state index in [1.807, 2.05) is 6.07 Å². The van der Waals surface area contributed by atoms with Gasteiger partial charge in [-0.15, -0.1) is 0 Å². The largest absolute Gasteiger partial charge is 0.493 e. The molecule has 4 heteroatoms. The summed E-state index contributed by atoms with van der Waals surface area (Å²) in [6, 6.07) is 6.65. The molecule has 2 rings (SSSR count). The van der Waals surface area contributed by atoms with E-state index < -0.39 is 0 Å². The van der Waals surface area contributed by atoms with Gasteiger partial charge in [-0.25, -0.2) is 0 Å². The average Bonchev–Trinajstić information content (AvgIpc) is 2.92. The molecule has 19 heavy (non-hydrogen) atoms. The Morgan fingerprint density at radius 2 is 1.95 bits per heavy atom. The van der Waals surface area contributed by atoms with Gasteiger partial charge < -0.3 is 19.7 Å². The van der Waals surface area contributed by atoms with Crippen molar-refractivity contribution in [2.24, 2.45) is 5.92 Å². The molecule has 4 nitrogen and oxygen atoms in total. The van der Waals surface area contributed by atoms with Crippen LogP contribution in [0.2, 0.25) is 0 Å². The number of ether oxygens (including phenoxy) is 2. The normalized spacial score (nSPS) is 20.6. The van der Waals surface area contributed by atoms with Crippen LogP contribution in [0.4, 0.5) is 0 Å². The lowest BCUT2D eigenvalue weighted by atomic mass is 9.91. The Morgan fingerprint density at radius 3 is 2.47 bits per heavy atom. The van der Waals surface area contributed by atoms with Crippen LogP contribution >= 0.6 is 0 Å². The lowest BCUT2D eigenvalue weighted by Crippen LogP contribution is -2.28. The van der Waals surface area contributed by atoms with Crippen molar-refractivity contribution >= 4 is 0 Å². The van der Waals surface area contributed by atoms with Crippen molar-refractivity contribution in [1.82, 2.24) is 10.2 Å². The Labute approximate surface area is 115 Å². The van der Waals surface area contributed by atoms with E-state index in [0.717, 1.165) is 24.6 Å². The molecule has 0 radical (unpaired) electrons. The molecular formula is C15H24N2O2. The van der Waals surface area contributed by atoms with Gasteiger partial charge in [0.2, 0.25) is 0 Å². The van der Waals surface area contributed by atoms with Gasteiger partial charge in [0.25, 0.3) is 0 Å². The smallest absolute Gasteiger partial charge is 0.161 e. The highest BCUT2D eigenvalue weighted by atomic mass is 16.5. The molecule has 0 aliphatic carbocycles. The first-order valence-electron chi connectivity index (χ1n) is 6.76. The van der Waals surface area contributed by atoms with Gasteiger partial charge >= 0.3 is 0 Å². The van der Waals surface area contributed by atoms with Crippen molar-refractivity contribution in [3.63, 3.8) is 0 Å². The summed E-state index contributed by atoms with van der Waals surface area (Å²) in [7, 11) is 7.63. The maximum atomic E-state index is 5.41. The molecule has 1 fully saturated rings. The first-order chi connectivity index (χ1) is 9.17. The van der Waals surface area contributed by atoms with Gasteiger partial charge in [-0.2, -0.15) is 0 Å². The van der Waals surface area contributed by atoms with Crippen LogP contribution in [-0.4, -0.2) is 46.3 Å². The first-order valence-corrected chi connectivity index (χ1v) is 6.76. The highest BCUT2D eigenvalue weighted by Crippen LogP contribution is 2.36. The fourth-order valence-corrected chi connectivity index (χ4v) is 2.98. The molecule has 2 atom stereocenters. The number of nitrogens with one attached hydrogen (secondary N) is 1. The summed E-state index contributed by atoms with van der Waals surface area (Å²) >= 11 is 0. The van der Waals surface area contributed by atoms with Crippen LogP contribution in [0.1, 0.15) is 18.0 Å². The van der Waals surface area contributed by atoms with Crippen molar-refractivity contribution in [2.75, 3.05) is 41.4 Å². The van der Waals surface area contributed by atoms with E-state index in [2.05, 4.69) is 36.4 Å². The fourth-order valence-electron chi connectivity index (χ4n) is 2.98. The third kappa shape index (κ3) is 3.01. The second kappa shape index (κ2) is 6.26. The maximum Gasteiger partial charge on any atom is 0.161 e. The summed E-state index contributed by atoms with van der Waals surface area (Å²) in [5.41, 5.74) is 1.29. The molecule has 0 saturated carbocycles. The lowest BCUT2D eigenvalue weighted by Gasteiger charge is -2.30. The van der Waals surface area contributed by atoms with E-state index in [-0.39, 0.29) is 0 Å². The average molecular weight is 264 g/mol. The Bertz CT molecular complexity index is 415. The molecule has 1 aliphatic heterocycles. The first kappa shape index (κ1) is 14.2. The van der Waals surface area contributed by atoms with Crippen LogP contribution in [0.25, 0.3) is 0 Å². The van der Waals surface area contributed by atoms with Crippen LogP contribution < -0.4 is 14.8 Å². The second-order valence-corrected chi connectivity index (χ2v) is 5.28. The van der Waals surface area contributed by atoms with Crippen LogP contribution in [0.15, 0.2) is 18.2 Å². The molecule has 0 aromatic heterocycles. The van der Waals surface area contributed by atoms with Gasteiger partial charge in [0.05, 0.1) is 14.2 Å². The van der Waals surface area contributed by atoms with Gasteiger partial charge in [-0.05, 0) is 57.2 Å². The van der Waals surface area contributed by atoms with Crippen molar-refractivity contribution in [1.29, 1.82) is 0 Å². The van der Waals surface area contributed by atoms with Crippen LogP contribution in [0, 0.1) is 5.92 Å². The topological polar surface area (TPSA) is 33.7 Å². The van der Waals surface area contributed by atoms with Crippen LogP contribution in [0.3, 0.4) is 0 Å². The third-order valence-electron chi connectivity index (χ3n) is 3.85. The number of rotatable bonds is 5. The molecule has 1 aromatic carbocycles. The second-order valence-electron chi connectivity index (χ2n) is 5.28. The van der Waals surface area contributed by atoms with E-state index in [1.165, 1.54) is 12.0 Å². The minimum absolute atomic E-state index is 0.412. The number of methoxy groups -OCH3 is 2. The van der Waals surface area contributed by atoms with Crippen molar-refractivity contribution < 1.29 is 9.47 Å². The van der Waals surface area contributed by atoms with Gasteiger partial charge in [0.1, 0.15) is 0 Å². The predicted octanol–water partition coefficient (Wildman–Crippen LogP) is 1.92. The Kier molecular flexibility index (Phi) is 4.66. The SMILES string of the molecule is COc1ccc(C(C2CCNC2)N(C)C)cc1OC. The number of benzene rings is 1.